The molecule has 2 nitrogen and oxygen atoms in total. The van der Waals surface area contributed by atoms with E-state index in [4.69, 9.17) is 5.11 Å². The van der Waals surface area contributed by atoms with Crippen molar-refractivity contribution < 1.29 is 18.7 Å². The molecular weight excluding hydrogens is 270 g/mol. The fraction of sp³-hybridized carbons (Fsp3) is 0.100. The zero-order chi connectivity index (χ0) is 11.4. The van der Waals surface area contributed by atoms with Crippen LogP contribution in [0.1, 0.15) is 12.0 Å². The number of aliphatic carboxylic acids is 1. The molecule has 0 fully saturated rings. The molecule has 5 heteroatoms. The first-order valence-corrected chi connectivity index (χ1v) is 4.65. The van der Waals surface area contributed by atoms with Gasteiger partial charge in [0.25, 0.3) is 0 Å². The van der Waals surface area contributed by atoms with Crippen molar-refractivity contribution in [2.45, 2.75) is 6.42 Å². The number of hydrogen-bond donors (Lipinski definition) is 1. The van der Waals surface area contributed by atoms with Gasteiger partial charge in [-0.3, -0.25) is 4.79 Å². The summed E-state index contributed by atoms with van der Waals surface area (Å²) in [6.07, 6.45) is -0.386. The number of rotatable bonds is 1. The smallest absolute Gasteiger partial charge is 0.315 e. The normalized spacial score (nSPS) is 9.27. The van der Waals surface area contributed by atoms with Gasteiger partial charge in [0, 0.05) is 10.5 Å². The fourth-order valence-corrected chi connectivity index (χ4v) is 1.38. The maximum Gasteiger partial charge on any atom is 0.315 e. The van der Waals surface area contributed by atoms with Gasteiger partial charge in [-0.15, -0.1) is 0 Å². The van der Waals surface area contributed by atoms with Crippen molar-refractivity contribution in [1.29, 1.82) is 0 Å². The van der Waals surface area contributed by atoms with Crippen LogP contribution < -0.4 is 0 Å². The van der Waals surface area contributed by atoms with Gasteiger partial charge in [-0.2, -0.15) is 0 Å². The van der Waals surface area contributed by atoms with Crippen molar-refractivity contribution in [3.05, 3.63) is 33.8 Å². The number of benzene rings is 1. The second-order valence-electron chi connectivity index (χ2n) is 2.62. The molecule has 0 atom stereocenters. The van der Waals surface area contributed by atoms with Gasteiger partial charge in [0.15, 0.2) is 0 Å². The molecule has 0 aliphatic heterocycles. The van der Waals surface area contributed by atoms with E-state index in [2.05, 4.69) is 27.8 Å². The summed E-state index contributed by atoms with van der Waals surface area (Å²) in [5, 5.41) is 8.31. The molecule has 0 unspecified atom stereocenters. The molecule has 1 aromatic rings. The molecule has 0 heterocycles. The van der Waals surface area contributed by atoms with Crippen molar-refractivity contribution in [2.75, 3.05) is 0 Å². The van der Waals surface area contributed by atoms with Crippen molar-refractivity contribution in [2.24, 2.45) is 0 Å². The molecule has 0 aliphatic carbocycles. The van der Waals surface area contributed by atoms with Gasteiger partial charge in [-0.25, -0.2) is 8.78 Å². The Hall–Kier alpha value is -1.41. The molecule has 1 rings (SSSR count). The predicted molar refractivity (Wildman–Crippen MR) is 53.2 cm³/mol. The number of carboxylic acid groups (broad SMARTS) is 1. The molecule has 0 spiro atoms. The molecule has 0 bridgehead atoms. The van der Waals surface area contributed by atoms with Gasteiger partial charge in [0.1, 0.15) is 18.1 Å². The third kappa shape index (κ3) is 3.33. The van der Waals surface area contributed by atoms with Gasteiger partial charge in [-0.1, -0.05) is 11.8 Å². The lowest BCUT2D eigenvalue weighted by molar-refractivity contribution is -0.135. The summed E-state index contributed by atoms with van der Waals surface area (Å²) in [4.78, 5) is 10.1. The van der Waals surface area contributed by atoms with Gasteiger partial charge < -0.3 is 5.11 Å². The molecule has 0 aromatic heterocycles. The van der Waals surface area contributed by atoms with Crippen LogP contribution in [0.25, 0.3) is 0 Å². The van der Waals surface area contributed by atoms with Gasteiger partial charge >= 0.3 is 5.97 Å². The molecule has 0 aliphatic rings. The van der Waals surface area contributed by atoms with Crippen molar-refractivity contribution in [3.8, 4) is 11.8 Å². The standard InChI is InChI=1S/C10H5BrF2O2/c11-8-4-6(12)5-9(13)7(8)2-1-3-10(14)15/h4-5H,3H2,(H,14,15). The fourth-order valence-electron chi connectivity index (χ4n) is 0.870. The highest BCUT2D eigenvalue weighted by Gasteiger charge is 2.06. The van der Waals surface area contributed by atoms with Gasteiger partial charge in [0.05, 0.1) is 5.56 Å². The SMILES string of the molecule is O=C(O)CC#Cc1c(F)cc(F)cc1Br. The average Bonchev–Trinajstić information content (AvgIpc) is 2.08. The van der Waals surface area contributed by atoms with Crippen LogP contribution in [-0.2, 0) is 4.79 Å². The highest BCUT2D eigenvalue weighted by molar-refractivity contribution is 9.10. The second-order valence-corrected chi connectivity index (χ2v) is 3.47. The second kappa shape index (κ2) is 4.89. The Labute approximate surface area is 93.0 Å². The summed E-state index contributed by atoms with van der Waals surface area (Å²) in [6, 6.07) is 1.75. The van der Waals surface area contributed by atoms with Crippen molar-refractivity contribution in [3.63, 3.8) is 0 Å². The molecule has 0 amide bonds. The van der Waals surface area contributed by atoms with Crippen LogP contribution in [0, 0.1) is 23.5 Å². The van der Waals surface area contributed by atoms with Crippen LogP contribution in [-0.4, -0.2) is 11.1 Å². The number of halogens is 3. The van der Waals surface area contributed by atoms with E-state index >= 15 is 0 Å². The van der Waals surface area contributed by atoms with E-state index in [1.165, 1.54) is 0 Å². The molecule has 0 radical (unpaired) electrons. The summed E-state index contributed by atoms with van der Waals surface area (Å²) >= 11 is 2.94. The first kappa shape index (κ1) is 11.7. The Kier molecular flexibility index (Phi) is 3.81. The van der Waals surface area contributed by atoms with Gasteiger partial charge in [0.2, 0.25) is 0 Å². The topological polar surface area (TPSA) is 37.3 Å². The molecule has 0 saturated carbocycles. The van der Waals surface area contributed by atoms with Crippen molar-refractivity contribution in [1.82, 2.24) is 0 Å². The van der Waals surface area contributed by atoms with E-state index < -0.39 is 17.6 Å². The van der Waals surface area contributed by atoms with E-state index in [1.807, 2.05) is 0 Å². The number of hydrogen-bond acceptors (Lipinski definition) is 1. The largest absolute Gasteiger partial charge is 0.481 e. The Balaban J connectivity index is 3.03. The molecular formula is C10H5BrF2O2. The predicted octanol–water partition coefficient (Wildman–Crippen LogP) is 2.55. The van der Waals surface area contributed by atoms with Crippen LogP contribution in [0.2, 0.25) is 0 Å². The van der Waals surface area contributed by atoms with Crippen LogP contribution in [0.3, 0.4) is 0 Å². The molecule has 1 aromatic carbocycles. The number of carbonyl (C=O) groups is 1. The summed E-state index contributed by atoms with van der Waals surface area (Å²) in [7, 11) is 0. The third-order valence-electron chi connectivity index (χ3n) is 1.46. The third-order valence-corrected chi connectivity index (χ3v) is 2.09. The summed E-state index contributed by atoms with van der Waals surface area (Å²) in [6.45, 7) is 0. The highest BCUT2D eigenvalue weighted by Crippen LogP contribution is 2.20. The van der Waals surface area contributed by atoms with Crippen LogP contribution >= 0.6 is 15.9 Å². The summed E-state index contributed by atoms with van der Waals surface area (Å²) in [5.41, 5.74) is -0.0438. The Morgan fingerprint density at radius 2 is 2.13 bits per heavy atom. The van der Waals surface area contributed by atoms with E-state index in [0.29, 0.717) is 6.07 Å². The molecule has 78 valence electrons. The van der Waals surface area contributed by atoms with Crippen molar-refractivity contribution >= 4 is 21.9 Å². The van der Waals surface area contributed by atoms with E-state index in [0.717, 1.165) is 6.07 Å². The van der Waals surface area contributed by atoms with E-state index in [9.17, 15) is 13.6 Å². The van der Waals surface area contributed by atoms with E-state index in [-0.39, 0.29) is 16.5 Å². The monoisotopic (exact) mass is 274 g/mol. The lowest BCUT2D eigenvalue weighted by atomic mass is 10.2. The lowest BCUT2D eigenvalue weighted by Crippen LogP contribution is -1.92. The first-order valence-electron chi connectivity index (χ1n) is 3.86. The first-order chi connectivity index (χ1) is 7.00. The molecule has 15 heavy (non-hydrogen) atoms. The maximum atomic E-state index is 13.1. The quantitative estimate of drug-likeness (QED) is 0.800. The Bertz CT molecular complexity index is 437. The van der Waals surface area contributed by atoms with Crippen LogP contribution in [0.5, 0.6) is 0 Å². The highest BCUT2D eigenvalue weighted by atomic mass is 79.9. The van der Waals surface area contributed by atoms with E-state index in [1.54, 1.807) is 0 Å². The van der Waals surface area contributed by atoms with Gasteiger partial charge in [-0.05, 0) is 22.0 Å². The Morgan fingerprint density at radius 1 is 1.47 bits per heavy atom. The minimum absolute atomic E-state index is 0.0438. The zero-order valence-electron chi connectivity index (χ0n) is 7.35. The lowest BCUT2D eigenvalue weighted by Gasteiger charge is -1.98. The minimum Gasteiger partial charge on any atom is -0.481 e. The Morgan fingerprint density at radius 3 is 2.67 bits per heavy atom. The van der Waals surface area contributed by atoms with Crippen LogP contribution in [0.15, 0.2) is 16.6 Å². The summed E-state index contributed by atoms with van der Waals surface area (Å²) in [5.74, 6) is 1.95. The zero-order valence-corrected chi connectivity index (χ0v) is 8.94. The molecule has 1 N–H and O–H groups in total. The number of carboxylic acids is 1. The maximum absolute atomic E-state index is 13.1. The molecule has 0 saturated heterocycles. The van der Waals surface area contributed by atoms with Crippen LogP contribution in [0.4, 0.5) is 8.78 Å². The minimum atomic E-state index is -1.10. The summed E-state index contributed by atoms with van der Waals surface area (Å²) < 4.78 is 25.9. The average molecular weight is 275 g/mol.